The molecule has 0 spiro atoms. The zero-order valence-electron chi connectivity index (χ0n) is 15.8. The van der Waals surface area contributed by atoms with E-state index in [-0.39, 0.29) is 18.3 Å². The van der Waals surface area contributed by atoms with Crippen molar-refractivity contribution in [3.8, 4) is 0 Å². The molecule has 0 atom stereocenters. The Hall–Kier alpha value is -2.09. The van der Waals surface area contributed by atoms with Gasteiger partial charge in [-0.15, -0.1) is 0 Å². The van der Waals surface area contributed by atoms with E-state index in [0.29, 0.717) is 18.2 Å². The monoisotopic (exact) mass is 395 g/mol. The van der Waals surface area contributed by atoms with Gasteiger partial charge in [-0.3, -0.25) is 0 Å². The predicted molar refractivity (Wildman–Crippen MR) is 103 cm³/mol. The number of carbonyl (C=O) groups is 1. The molecule has 1 aromatic rings. The van der Waals surface area contributed by atoms with Gasteiger partial charge in [0.2, 0.25) is 0 Å². The molecule has 0 aliphatic carbocycles. The van der Waals surface area contributed by atoms with Gasteiger partial charge >= 0.3 is 6.09 Å². The summed E-state index contributed by atoms with van der Waals surface area (Å²) in [6.07, 6.45) is 6.11. The van der Waals surface area contributed by atoms with Crippen LogP contribution in [0.3, 0.4) is 0 Å². The molecule has 8 nitrogen and oxygen atoms in total. The molecule has 0 bridgehead atoms. The maximum atomic E-state index is 11.9. The molecule has 2 fully saturated rings. The van der Waals surface area contributed by atoms with Crippen LogP contribution < -0.4 is 4.90 Å². The molecule has 148 valence electrons. The van der Waals surface area contributed by atoms with Crippen LogP contribution in [0, 0.1) is 0 Å². The van der Waals surface area contributed by atoms with Crippen LogP contribution in [0.15, 0.2) is 17.5 Å². The van der Waals surface area contributed by atoms with Crippen molar-refractivity contribution in [2.24, 2.45) is 5.16 Å². The topological polar surface area (TPSA) is 80.1 Å². The fraction of sp³-hybridized carbons (Fsp3) is 0.667. The summed E-state index contributed by atoms with van der Waals surface area (Å²) in [5.41, 5.74) is 1.05. The summed E-state index contributed by atoms with van der Waals surface area (Å²) >= 11 is 6.11. The van der Waals surface area contributed by atoms with E-state index in [1.807, 2.05) is 13.8 Å². The van der Waals surface area contributed by atoms with Gasteiger partial charge in [-0.25, -0.2) is 14.8 Å². The number of rotatable bonds is 4. The van der Waals surface area contributed by atoms with Gasteiger partial charge in [0.15, 0.2) is 11.0 Å². The van der Waals surface area contributed by atoms with Gasteiger partial charge in [0.05, 0.1) is 11.8 Å². The lowest BCUT2D eigenvalue weighted by Crippen LogP contribution is -2.41. The van der Waals surface area contributed by atoms with Crippen LogP contribution in [0.1, 0.15) is 39.5 Å². The minimum Gasteiger partial charge on any atom is -0.447 e. The minimum absolute atomic E-state index is 0.0491. The second-order valence-corrected chi connectivity index (χ2v) is 7.40. The van der Waals surface area contributed by atoms with Gasteiger partial charge in [-0.1, -0.05) is 16.8 Å². The maximum absolute atomic E-state index is 11.9. The molecule has 0 N–H and O–H groups in total. The van der Waals surface area contributed by atoms with E-state index in [1.165, 1.54) is 0 Å². The molecule has 0 aromatic carbocycles. The predicted octanol–water partition coefficient (Wildman–Crippen LogP) is 3.11. The normalized spacial score (nSPS) is 18.6. The molecule has 2 saturated heterocycles. The molecule has 0 radical (unpaired) electrons. The quantitative estimate of drug-likeness (QED) is 0.728. The smallest absolute Gasteiger partial charge is 0.410 e. The Morgan fingerprint density at radius 1 is 1.19 bits per heavy atom. The Morgan fingerprint density at radius 2 is 1.85 bits per heavy atom. The van der Waals surface area contributed by atoms with Crippen molar-refractivity contribution in [3.63, 3.8) is 0 Å². The zero-order valence-corrected chi connectivity index (χ0v) is 16.6. The minimum atomic E-state index is -0.246. The van der Waals surface area contributed by atoms with Crippen molar-refractivity contribution in [2.75, 3.05) is 31.1 Å². The second kappa shape index (κ2) is 9.21. The SMILES string of the molecule is CC(C)OC(=O)N1CCC(ON=C2CCN(c3nccnc3Cl)CC2)CC1. The van der Waals surface area contributed by atoms with Crippen LogP contribution in [0.2, 0.25) is 5.15 Å². The Labute approximate surface area is 164 Å². The molecular formula is C18H26ClN5O3. The van der Waals surface area contributed by atoms with E-state index < -0.39 is 0 Å². The number of oxime groups is 1. The molecule has 0 saturated carbocycles. The summed E-state index contributed by atoms with van der Waals surface area (Å²) in [4.78, 5) is 29.9. The third-order valence-corrected chi connectivity index (χ3v) is 4.91. The fourth-order valence-electron chi connectivity index (χ4n) is 3.16. The fourth-order valence-corrected chi connectivity index (χ4v) is 3.39. The molecule has 3 rings (SSSR count). The van der Waals surface area contributed by atoms with Crippen molar-refractivity contribution in [2.45, 2.75) is 51.7 Å². The van der Waals surface area contributed by atoms with Crippen molar-refractivity contribution in [3.05, 3.63) is 17.5 Å². The molecule has 1 amide bonds. The Bertz CT molecular complexity index is 667. The Balaban J connectivity index is 1.42. The first-order chi connectivity index (χ1) is 13.0. The Morgan fingerprint density at radius 3 is 2.48 bits per heavy atom. The van der Waals surface area contributed by atoms with Crippen LogP contribution in [0.4, 0.5) is 10.6 Å². The summed E-state index contributed by atoms with van der Waals surface area (Å²) in [5.74, 6) is 0.722. The molecule has 9 heteroatoms. The van der Waals surface area contributed by atoms with Gasteiger partial charge in [-0.2, -0.15) is 0 Å². The van der Waals surface area contributed by atoms with E-state index in [2.05, 4.69) is 20.0 Å². The van der Waals surface area contributed by atoms with Crippen LogP contribution in [0.5, 0.6) is 0 Å². The van der Waals surface area contributed by atoms with E-state index in [1.54, 1.807) is 17.3 Å². The molecule has 2 aliphatic rings. The number of hydrogen-bond acceptors (Lipinski definition) is 7. The Kier molecular flexibility index (Phi) is 6.71. The van der Waals surface area contributed by atoms with E-state index >= 15 is 0 Å². The molecule has 3 heterocycles. The average Bonchev–Trinajstić information content (AvgIpc) is 2.67. The van der Waals surface area contributed by atoms with Gasteiger partial charge in [0.1, 0.15) is 6.10 Å². The number of aromatic nitrogens is 2. The lowest BCUT2D eigenvalue weighted by atomic mass is 10.1. The first-order valence-electron chi connectivity index (χ1n) is 9.41. The van der Waals surface area contributed by atoms with Gasteiger partial charge in [0, 0.05) is 64.3 Å². The van der Waals surface area contributed by atoms with Crippen molar-refractivity contribution in [1.29, 1.82) is 0 Å². The lowest BCUT2D eigenvalue weighted by Gasteiger charge is -2.31. The third kappa shape index (κ3) is 5.45. The molecular weight excluding hydrogens is 370 g/mol. The molecule has 0 unspecified atom stereocenters. The maximum Gasteiger partial charge on any atom is 0.410 e. The molecule has 1 aromatic heterocycles. The second-order valence-electron chi connectivity index (χ2n) is 7.04. The highest BCUT2D eigenvalue weighted by molar-refractivity contribution is 6.31. The largest absolute Gasteiger partial charge is 0.447 e. The van der Waals surface area contributed by atoms with Crippen molar-refractivity contribution in [1.82, 2.24) is 14.9 Å². The highest BCUT2D eigenvalue weighted by atomic mass is 35.5. The summed E-state index contributed by atoms with van der Waals surface area (Å²) in [7, 11) is 0. The number of carbonyl (C=O) groups excluding carboxylic acids is 1. The number of nitrogens with zero attached hydrogens (tertiary/aromatic N) is 5. The lowest BCUT2D eigenvalue weighted by molar-refractivity contribution is 0.00415. The number of ether oxygens (including phenoxy) is 1. The number of halogens is 1. The van der Waals surface area contributed by atoms with Gasteiger partial charge in [-0.05, 0) is 13.8 Å². The van der Waals surface area contributed by atoms with Crippen molar-refractivity contribution < 1.29 is 14.4 Å². The summed E-state index contributed by atoms with van der Waals surface area (Å²) in [6.45, 7) is 6.57. The van der Waals surface area contributed by atoms with Crippen molar-refractivity contribution >= 4 is 29.2 Å². The van der Waals surface area contributed by atoms with E-state index in [0.717, 1.165) is 50.3 Å². The van der Waals surface area contributed by atoms with Crippen LogP contribution in [-0.4, -0.2) is 65.1 Å². The number of piperidine rings is 2. The number of hydrogen-bond donors (Lipinski definition) is 0. The molecule has 27 heavy (non-hydrogen) atoms. The van der Waals surface area contributed by atoms with E-state index in [4.69, 9.17) is 21.2 Å². The average molecular weight is 396 g/mol. The van der Waals surface area contributed by atoms with Crippen LogP contribution >= 0.6 is 11.6 Å². The summed E-state index contributed by atoms with van der Waals surface area (Å²) in [6, 6.07) is 0. The summed E-state index contributed by atoms with van der Waals surface area (Å²) < 4.78 is 5.23. The van der Waals surface area contributed by atoms with E-state index in [9.17, 15) is 4.79 Å². The third-order valence-electron chi connectivity index (χ3n) is 4.64. The first kappa shape index (κ1) is 19.7. The first-order valence-corrected chi connectivity index (χ1v) is 9.79. The van der Waals surface area contributed by atoms with Gasteiger partial charge in [0.25, 0.3) is 0 Å². The standard InChI is InChI=1S/C18H26ClN5O3/c1-13(2)26-18(25)24-11-5-15(6-12-24)27-22-14-3-9-23(10-4-14)17-16(19)20-7-8-21-17/h7-8,13,15H,3-6,9-12H2,1-2H3. The summed E-state index contributed by atoms with van der Waals surface area (Å²) in [5, 5.41) is 4.79. The molecule has 2 aliphatic heterocycles. The van der Waals surface area contributed by atoms with Crippen LogP contribution in [0.25, 0.3) is 0 Å². The number of likely N-dealkylation sites (tertiary alicyclic amines) is 1. The number of anilines is 1. The van der Waals surface area contributed by atoms with Crippen LogP contribution in [-0.2, 0) is 9.57 Å². The number of amides is 1. The highest BCUT2D eigenvalue weighted by Crippen LogP contribution is 2.23. The van der Waals surface area contributed by atoms with Gasteiger partial charge < -0.3 is 19.4 Å². The highest BCUT2D eigenvalue weighted by Gasteiger charge is 2.26. The zero-order chi connectivity index (χ0) is 19.2.